The second kappa shape index (κ2) is 8.20. The van der Waals surface area contributed by atoms with E-state index in [1.54, 1.807) is 23.0 Å². The number of halogens is 2. The first-order valence-corrected chi connectivity index (χ1v) is 10.5. The molecule has 4 rings (SSSR count). The molecule has 0 aliphatic carbocycles. The SMILES string of the molecule is Cc1nn(-c2ccc(Cl)cc2Cl)c(C)c1CC(=O)N1CCC(n2ccnc2)CC1. The van der Waals surface area contributed by atoms with Gasteiger partial charge in [-0.3, -0.25) is 4.79 Å². The van der Waals surface area contributed by atoms with Crippen molar-refractivity contribution in [2.24, 2.45) is 0 Å². The molecule has 2 aromatic heterocycles. The number of hydrogen-bond donors (Lipinski definition) is 0. The van der Waals surface area contributed by atoms with Gasteiger partial charge in [-0.25, -0.2) is 9.67 Å². The summed E-state index contributed by atoms with van der Waals surface area (Å²) in [5.74, 6) is 0.141. The Labute approximate surface area is 180 Å². The summed E-state index contributed by atoms with van der Waals surface area (Å²) >= 11 is 12.4. The van der Waals surface area contributed by atoms with Gasteiger partial charge in [-0.15, -0.1) is 0 Å². The molecule has 0 bridgehead atoms. The zero-order valence-electron chi connectivity index (χ0n) is 16.5. The second-order valence-corrected chi connectivity index (χ2v) is 8.30. The fourth-order valence-electron chi connectivity index (χ4n) is 3.98. The minimum absolute atomic E-state index is 0.141. The predicted octanol–water partition coefficient (Wildman–Crippen LogP) is 4.40. The molecule has 0 spiro atoms. The topological polar surface area (TPSA) is 56.0 Å². The van der Waals surface area contributed by atoms with Gasteiger partial charge in [0.25, 0.3) is 0 Å². The predicted molar refractivity (Wildman–Crippen MR) is 114 cm³/mol. The van der Waals surface area contributed by atoms with Gasteiger partial charge in [0.2, 0.25) is 5.91 Å². The van der Waals surface area contributed by atoms with Gasteiger partial charge in [-0.05, 0) is 44.9 Å². The van der Waals surface area contributed by atoms with Crippen LogP contribution in [0, 0.1) is 13.8 Å². The molecule has 0 atom stereocenters. The van der Waals surface area contributed by atoms with Crippen molar-refractivity contribution in [3.05, 3.63) is 63.9 Å². The molecule has 1 aliphatic heterocycles. The third kappa shape index (κ3) is 4.05. The van der Waals surface area contributed by atoms with Crippen LogP contribution in [0.2, 0.25) is 10.0 Å². The van der Waals surface area contributed by atoms with Crippen LogP contribution in [0.25, 0.3) is 5.69 Å². The van der Waals surface area contributed by atoms with Gasteiger partial charge in [0, 0.05) is 47.8 Å². The van der Waals surface area contributed by atoms with Crippen LogP contribution in [-0.4, -0.2) is 43.2 Å². The molecule has 1 aliphatic rings. The first-order valence-electron chi connectivity index (χ1n) is 9.69. The molecule has 1 amide bonds. The quantitative estimate of drug-likeness (QED) is 0.614. The van der Waals surface area contributed by atoms with Gasteiger partial charge < -0.3 is 9.47 Å². The molecule has 1 aromatic carbocycles. The number of carbonyl (C=O) groups is 1. The van der Waals surface area contributed by atoms with Crippen LogP contribution in [0.3, 0.4) is 0 Å². The van der Waals surface area contributed by atoms with Gasteiger partial charge in [-0.2, -0.15) is 5.10 Å². The Balaban J connectivity index is 1.47. The summed E-state index contributed by atoms with van der Waals surface area (Å²) in [5, 5.41) is 5.73. The Morgan fingerprint density at radius 1 is 1.21 bits per heavy atom. The smallest absolute Gasteiger partial charge is 0.227 e. The van der Waals surface area contributed by atoms with Crippen LogP contribution >= 0.6 is 23.2 Å². The number of nitrogens with zero attached hydrogens (tertiary/aromatic N) is 5. The van der Waals surface area contributed by atoms with E-state index in [0.29, 0.717) is 22.5 Å². The Hall–Kier alpha value is -2.31. The molecule has 0 unspecified atom stereocenters. The fourth-order valence-corrected chi connectivity index (χ4v) is 4.47. The zero-order chi connectivity index (χ0) is 20.5. The molecule has 6 nitrogen and oxygen atoms in total. The number of carbonyl (C=O) groups excluding carboxylic acids is 1. The summed E-state index contributed by atoms with van der Waals surface area (Å²) in [4.78, 5) is 19.0. The maximum Gasteiger partial charge on any atom is 0.227 e. The number of likely N-dealkylation sites (tertiary alicyclic amines) is 1. The van der Waals surface area contributed by atoms with Crippen LogP contribution in [0.5, 0.6) is 0 Å². The van der Waals surface area contributed by atoms with Crippen molar-refractivity contribution in [1.82, 2.24) is 24.2 Å². The van der Waals surface area contributed by atoms with Crippen LogP contribution in [-0.2, 0) is 11.2 Å². The number of piperidine rings is 1. The molecule has 0 radical (unpaired) electrons. The summed E-state index contributed by atoms with van der Waals surface area (Å²) in [6.07, 6.45) is 7.88. The van der Waals surface area contributed by atoms with Crippen LogP contribution in [0.1, 0.15) is 35.8 Å². The average molecular weight is 432 g/mol. The molecule has 3 heterocycles. The monoisotopic (exact) mass is 431 g/mol. The van der Waals surface area contributed by atoms with Crippen molar-refractivity contribution in [3.8, 4) is 5.69 Å². The normalized spacial score (nSPS) is 15.1. The van der Waals surface area contributed by atoms with Gasteiger partial charge in [0.05, 0.1) is 29.2 Å². The highest BCUT2D eigenvalue weighted by atomic mass is 35.5. The van der Waals surface area contributed by atoms with E-state index in [2.05, 4.69) is 14.6 Å². The van der Waals surface area contributed by atoms with E-state index >= 15 is 0 Å². The highest BCUT2D eigenvalue weighted by Gasteiger charge is 2.25. The summed E-state index contributed by atoms with van der Waals surface area (Å²) in [5.41, 5.74) is 3.48. The van der Waals surface area contributed by atoms with E-state index in [-0.39, 0.29) is 5.91 Å². The van der Waals surface area contributed by atoms with E-state index in [4.69, 9.17) is 23.2 Å². The summed E-state index contributed by atoms with van der Waals surface area (Å²) < 4.78 is 3.93. The zero-order valence-corrected chi connectivity index (χ0v) is 18.0. The molecule has 3 aromatic rings. The van der Waals surface area contributed by atoms with Crippen LogP contribution in [0.4, 0.5) is 0 Å². The van der Waals surface area contributed by atoms with E-state index < -0.39 is 0 Å². The average Bonchev–Trinajstić information content (AvgIpc) is 3.33. The van der Waals surface area contributed by atoms with Gasteiger partial charge in [-0.1, -0.05) is 23.2 Å². The van der Waals surface area contributed by atoms with Crippen molar-refractivity contribution in [2.75, 3.05) is 13.1 Å². The lowest BCUT2D eigenvalue weighted by atomic mass is 10.0. The van der Waals surface area contributed by atoms with Crippen molar-refractivity contribution < 1.29 is 4.79 Å². The Bertz CT molecular complexity index is 1020. The third-order valence-electron chi connectivity index (χ3n) is 5.67. The number of imidazole rings is 1. The molecule has 8 heteroatoms. The van der Waals surface area contributed by atoms with Gasteiger partial charge in [0.1, 0.15) is 0 Å². The van der Waals surface area contributed by atoms with E-state index in [1.807, 2.05) is 37.3 Å². The lowest BCUT2D eigenvalue weighted by Gasteiger charge is -2.32. The highest BCUT2D eigenvalue weighted by Crippen LogP contribution is 2.28. The van der Waals surface area contributed by atoms with Gasteiger partial charge >= 0.3 is 0 Å². The Morgan fingerprint density at radius 2 is 1.97 bits per heavy atom. The number of amides is 1. The number of aryl methyl sites for hydroxylation is 1. The molecular weight excluding hydrogens is 409 g/mol. The number of benzene rings is 1. The maximum absolute atomic E-state index is 12.9. The second-order valence-electron chi connectivity index (χ2n) is 7.46. The molecule has 1 saturated heterocycles. The number of rotatable bonds is 4. The van der Waals surface area contributed by atoms with Gasteiger partial charge in [0.15, 0.2) is 0 Å². The minimum Gasteiger partial charge on any atom is -0.342 e. The summed E-state index contributed by atoms with van der Waals surface area (Å²) in [6, 6.07) is 5.75. The van der Waals surface area contributed by atoms with E-state index in [9.17, 15) is 4.79 Å². The van der Waals surface area contributed by atoms with Crippen LogP contribution < -0.4 is 0 Å². The van der Waals surface area contributed by atoms with Crippen molar-refractivity contribution in [3.63, 3.8) is 0 Å². The van der Waals surface area contributed by atoms with Crippen molar-refractivity contribution >= 4 is 29.1 Å². The first-order chi connectivity index (χ1) is 13.9. The molecule has 29 heavy (non-hydrogen) atoms. The summed E-state index contributed by atoms with van der Waals surface area (Å²) in [6.45, 7) is 5.42. The summed E-state index contributed by atoms with van der Waals surface area (Å²) in [7, 11) is 0. The van der Waals surface area contributed by atoms with E-state index in [0.717, 1.165) is 48.6 Å². The lowest BCUT2D eigenvalue weighted by molar-refractivity contribution is -0.131. The maximum atomic E-state index is 12.9. The minimum atomic E-state index is 0.141. The fraction of sp³-hybridized carbons (Fsp3) is 0.381. The molecule has 152 valence electrons. The largest absolute Gasteiger partial charge is 0.342 e. The third-order valence-corrected chi connectivity index (χ3v) is 6.21. The molecule has 0 saturated carbocycles. The first kappa shape index (κ1) is 20.0. The Morgan fingerprint density at radius 3 is 2.62 bits per heavy atom. The molecule has 1 fully saturated rings. The van der Waals surface area contributed by atoms with Crippen molar-refractivity contribution in [1.29, 1.82) is 0 Å². The number of hydrogen-bond acceptors (Lipinski definition) is 3. The van der Waals surface area contributed by atoms with Crippen LogP contribution in [0.15, 0.2) is 36.9 Å². The molecule has 0 N–H and O–H groups in total. The van der Waals surface area contributed by atoms with Crippen molar-refractivity contribution in [2.45, 2.75) is 39.2 Å². The number of aromatic nitrogens is 4. The lowest BCUT2D eigenvalue weighted by Crippen LogP contribution is -2.39. The Kier molecular flexibility index (Phi) is 5.65. The van der Waals surface area contributed by atoms with E-state index in [1.165, 1.54) is 0 Å². The molecular formula is C21H23Cl2N5O. The standard InChI is InChI=1S/C21H23Cl2N5O/c1-14-18(15(2)28(25-14)20-4-3-16(22)11-19(20)23)12-21(29)26-8-5-17(6-9-26)27-10-7-24-13-27/h3-4,7,10-11,13,17H,5-6,8-9,12H2,1-2H3. The highest BCUT2D eigenvalue weighted by molar-refractivity contribution is 6.35.